The van der Waals surface area contributed by atoms with Crippen molar-refractivity contribution in [1.82, 2.24) is 5.32 Å². The fourth-order valence-electron chi connectivity index (χ4n) is 2.21. The van der Waals surface area contributed by atoms with E-state index in [9.17, 15) is 5.11 Å². The lowest BCUT2D eigenvalue weighted by molar-refractivity contribution is 0.115. The zero-order chi connectivity index (χ0) is 11.5. The number of hydrogen-bond acceptors (Lipinski definition) is 2. The van der Waals surface area contributed by atoms with E-state index in [4.69, 9.17) is 0 Å². The van der Waals surface area contributed by atoms with Gasteiger partial charge in [-0.3, -0.25) is 0 Å². The lowest BCUT2D eigenvalue weighted by atomic mass is 9.89. The highest BCUT2D eigenvalue weighted by Crippen LogP contribution is 2.33. The third kappa shape index (κ3) is 5.53. The first-order chi connectivity index (χ1) is 6.92. The van der Waals surface area contributed by atoms with E-state index in [2.05, 4.69) is 33.0 Å². The Morgan fingerprint density at radius 3 is 2.33 bits per heavy atom. The monoisotopic (exact) mass is 213 g/mol. The first-order valence-electron chi connectivity index (χ1n) is 6.34. The predicted octanol–water partition coefficient (Wildman–Crippen LogP) is 2.56. The number of aliphatic hydroxyl groups is 1. The maximum Gasteiger partial charge on any atom is 0.0669 e. The van der Waals surface area contributed by atoms with Crippen molar-refractivity contribution < 1.29 is 5.11 Å². The Hall–Kier alpha value is -0.0800. The highest BCUT2D eigenvalue weighted by Gasteiger charge is 2.30. The molecule has 2 nitrogen and oxygen atoms in total. The second-order valence-corrected chi connectivity index (χ2v) is 6.18. The molecule has 2 atom stereocenters. The van der Waals surface area contributed by atoms with E-state index in [0.717, 1.165) is 18.9 Å². The molecule has 1 aliphatic rings. The molecule has 0 aliphatic heterocycles. The second-order valence-electron chi connectivity index (χ2n) is 6.18. The maximum absolute atomic E-state index is 9.87. The van der Waals surface area contributed by atoms with Crippen LogP contribution in [-0.2, 0) is 0 Å². The minimum atomic E-state index is -0.196. The molecule has 1 aliphatic carbocycles. The van der Waals surface area contributed by atoms with Crippen LogP contribution >= 0.6 is 0 Å². The molecular formula is C13H27NO. The summed E-state index contributed by atoms with van der Waals surface area (Å²) in [5, 5.41) is 13.4. The first-order valence-corrected chi connectivity index (χ1v) is 6.34. The topological polar surface area (TPSA) is 32.3 Å². The van der Waals surface area contributed by atoms with Crippen LogP contribution in [0, 0.1) is 11.3 Å². The number of rotatable bonds is 6. The van der Waals surface area contributed by atoms with Crippen molar-refractivity contribution in [1.29, 1.82) is 0 Å². The van der Waals surface area contributed by atoms with Gasteiger partial charge in [0.2, 0.25) is 0 Å². The Kier molecular flexibility index (Phi) is 4.60. The van der Waals surface area contributed by atoms with E-state index in [1.165, 1.54) is 19.3 Å². The minimum absolute atomic E-state index is 0.196. The van der Waals surface area contributed by atoms with Gasteiger partial charge in [0.05, 0.1) is 6.10 Å². The summed E-state index contributed by atoms with van der Waals surface area (Å²) in [5.74, 6) is 0.886. The Bertz CT molecular complexity index is 181. The summed E-state index contributed by atoms with van der Waals surface area (Å²) in [5.41, 5.74) is 0.225. The third-order valence-electron chi connectivity index (χ3n) is 3.09. The van der Waals surface area contributed by atoms with Gasteiger partial charge < -0.3 is 10.4 Å². The van der Waals surface area contributed by atoms with E-state index in [0.29, 0.717) is 6.04 Å². The minimum Gasteiger partial charge on any atom is -0.392 e. The molecule has 0 heterocycles. The van der Waals surface area contributed by atoms with Crippen LogP contribution in [0.3, 0.4) is 0 Å². The van der Waals surface area contributed by atoms with Gasteiger partial charge in [-0.1, -0.05) is 27.7 Å². The molecule has 0 amide bonds. The van der Waals surface area contributed by atoms with Gasteiger partial charge in [0.15, 0.2) is 0 Å². The lowest BCUT2D eigenvalue weighted by Crippen LogP contribution is -2.37. The van der Waals surface area contributed by atoms with Crippen LogP contribution in [0.15, 0.2) is 0 Å². The van der Waals surface area contributed by atoms with Gasteiger partial charge in [0.25, 0.3) is 0 Å². The smallest absolute Gasteiger partial charge is 0.0669 e. The standard InChI is InChI=1S/C13H27NO/c1-5-12(10-6-7-10)14-9-11(15)8-13(2,3)4/h10-12,14-15H,5-9H2,1-4H3. The van der Waals surface area contributed by atoms with E-state index in [1.807, 2.05) is 0 Å². The van der Waals surface area contributed by atoms with Crippen molar-refractivity contribution in [2.45, 2.75) is 65.5 Å². The van der Waals surface area contributed by atoms with E-state index >= 15 is 0 Å². The number of nitrogens with one attached hydrogen (secondary N) is 1. The van der Waals surface area contributed by atoms with Crippen LogP contribution in [-0.4, -0.2) is 23.8 Å². The summed E-state index contributed by atoms with van der Waals surface area (Å²) in [7, 11) is 0. The molecule has 2 heteroatoms. The zero-order valence-corrected chi connectivity index (χ0v) is 10.7. The van der Waals surface area contributed by atoms with Crippen molar-refractivity contribution in [2.24, 2.45) is 11.3 Å². The quantitative estimate of drug-likeness (QED) is 0.711. The molecule has 0 aromatic heterocycles. The molecule has 90 valence electrons. The van der Waals surface area contributed by atoms with Crippen LogP contribution in [0.1, 0.15) is 53.4 Å². The highest BCUT2D eigenvalue weighted by atomic mass is 16.3. The Balaban J connectivity index is 2.17. The fraction of sp³-hybridized carbons (Fsp3) is 1.00. The van der Waals surface area contributed by atoms with Crippen molar-refractivity contribution in [3.8, 4) is 0 Å². The second kappa shape index (κ2) is 5.31. The number of hydrogen-bond donors (Lipinski definition) is 2. The van der Waals surface area contributed by atoms with E-state index in [-0.39, 0.29) is 11.5 Å². The fourth-order valence-corrected chi connectivity index (χ4v) is 2.21. The van der Waals surface area contributed by atoms with Crippen molar-refractivity contribution in [3.05, 3.63) is 0 Å². The van der Waals surface area contributed by atoms with Crippen LogP contribution in [0.4, 0.5) is 0 Å². The molecule has 1 fully saturated rings. The highest BCUT2D eigenvalue weighted by molar-refractivity contribution is 4.86. The van der Waals surface area contributed by atoms with E-state index in [1.54, 1.807) is 0 Å². The maximum atomic E-state index is 9.87. The summed E-state index contributed by atoms with van der Waals surface area (Å²) in [6.45, 7) is 9.51. The van der Waals surface area contributed by atoms with Gasteiger partial charge in [-0.15, -0.1) is 0 Å². The molecule has 2 N–H and O–H groups in total. The van der Waals surface area contributed by atoms with Gasteiger partial charge >= 0.3 is 0 Å². The van der Waals surface area contributed by atoms with Crippen LogP contribution in [0.5, 0.6) is 0 Å². The summed E-state index contributed by atoms with van der Waals surface area (Å²) >= 11 is 0. The predicted molar refractivity (Wildman–Crippen MR) is 64.9 cm³/mol. The SMILES string of the molecule is CCC(NCC(O)CC(C)(C)C)C1CC1. The summed E-state index contributed by atoms with van der Waals surface area (Å²) < 4.78 is 0. The summed E-state index contributed by atoms with van der Waals surface area (Å²) in [4.78, 5) is 0. The molecule has 15 heavy (non-hydrogen) atoms. The summed E-state index contributed by atoms with van der Waals surface area (Å²) in [6.07, 6.45) is 4.62. The first kappa shape index (κ1) is 13.0. The van der Waals surface area contributed by atoms with Gasteiger partial charge in [0, 0.05) is 12.6 Å². The molecule has 0 spiro atoms. The largest absolute Gasteiger partial charge is 0.392 e. The Labute approximate surface area is 94.5 Å². The molecule has 0 saturated heterocycles. The van der Waals surface area contributed by atoms with Crippen LogP contribution < -0.4 is 5.32 Å². The van der Waals surface area contributed by atoms with Crippen molar-refractivity contribution in [2.75, 3.05) is 6.54 Å². The Morgan fingerprint density at radius 1 is 1.33 bits per heavy atom. The average Bonchev–Trinajstić information content (AvgIpc) is 2.85. The molecule has 0 aromatic rings. The number of aliphatic hydroxyl groups excluding tert-OH is 1. The van der Waals surface area contributed by atoms with Crippen molar-refractivity contribution in [3.63, 3.8) is 0 Å². The van der Waals surface area contributed by atoms with Crippen LogP contribution in [0.25, 0.3) is 0 Å². The van der Waals surface area contributed by atoms with Gasteiger partial charge in [0.1, 0.15) is 0 Å². The van der Waals surface area contributed by atoms with Gasteiger partial charge in [-0.05, 0) is 37.0 Å². The molecule has 0 aromatic carbocycles. The van der Waals surface area contributed by atoms with Crippen molar-refractivity contribution >= 4 is 0 Å². The van der Waals surface area contributed by atoms with Gasteiger partial charge in [-0.25, -0.2) is 0 Å². The molecule has 1 saturated carbocycles. The summed E-state index contributed by atoms with van der Waals surface area (Å²) in [6, 6.07) is 0.639. The molecular weight excluding hydrogens is 186 g/mol. The van der Waals surface area contributed by atoms with Crippen LogP contribution in [0.2, 0.25) is 0 Å². The molecule has 1 rings (SSSR count). The third-order valence-corrected chi connectivity index (χ3v) is 3.09. The van der Waals surface area contributed by atoms with Gasteiger partial charge in [-0.2, -0.15) is 0 Å². The zero-order valence-electron chi connectivity index (χ0n) is 10.7. The average molecular weight is 213 g/mol. The normalized spacial score (nSPS) is 21.4. The van der Waals surface area contributed by atoms with E-state index < -0.39 is 0 Å². The molecule has 0 bridgehead atoms. The lowest BCUT2D eigenvalue weighted by Gasteiger charge is -2.24. The molecule has 2 unspecified atom stereocenters. The Morgan fingerprint density at radius 2 is 1.93 bits per heavy atom. The molecule has 0 radical (unpaired) electrons.